The number of carbonyl (C=O) groups is 1. The Hall–Kier alpha value is -2.70. The first-order valence-electron chi connectivity index (χ1n) is 8.04. The van der Waals surface area contributed by atoms with Crippen molar-refractivity contribution >= 4 is 17.4 Å². The predicted octanol–water partition coefficient (Wildman–Crippen LogP) is 2.71. The smallest absolute Gasteiger partial charge is 0.318 e. The van der Waals surface area contributed by atoms with Crippen LogP contribution in [0.25, 0.3) is 0 Å². The molecular formula is C18H21FN4O2. The minimum absolute atomic E-state index is 0.0725. The van der Waals surface area contributed by atoms with Crippen LogP contribution in [0.2, 0.25) is 0 Å². The number of rotatable bonds is 2. The number of fused-ring (bicyclic) bond motifs is 1. The summed E-state index contributed by atoms with van der Waals surface area (Å²) in [6.07, 6.45) is 0.493. The maximum atomic E-state index is 14.5. The second-order valence-electron chi connectivity index (χ2n) is 7.04. The Bertz CT molecular complexity index is 846. The standard InChI is InChI=1S/C18H21FN4O2/c1-18(2,3)11-6-5-10(9-12(11)19)23-8-7-13-14(16(23)24)15(20)22-17(21-13)25-4/h5-6,9H,7-8H2,1-4H3,(H2,20,21,22). The van der Waals surface area contributed by atoms with E-state index in [9.17, 15) is 9.18 Å². The normalized spacial score (nSPS) is 14.4. The van der Waals surface area contributed by atoms with E-state index in [1.165, 1.54) is 18.1 Å². The van der Waals surface area contributed by atoms with E-state index in [-0.39, 0.29) is 34.5 Å². The molecule has 1 aromatic carbocycles. The maximum Gasteiger partial charge on any atom is 0.318 e. The first-order valence-corrected chi connectivity index (χ1v) is 8.04. The lowest BCUT2D eigenvalue weighted by molar-refractivity contribution is 0.0980. The van der Waals surface area contributed by atoms with E-state index in [0.29, 0.717) is 29.9 Å². The third-order valence-corrected chi connectivity index (χ3v) is 4.28. The number of anilines is 2. The zero-order valence-electron chi connectivity index (χ0n) is 14.8. The summed E-state index contributed by atoms with van der Waals surface area (Å²) in [4.78, 5) is 22.5. The third-order valence-electron chi connectivity index (χ3n) is 4.28. The number of aromatic nitrogens is 2. The number of carbonyl (C=O) groups excluding carboxylic acids is 1. The maximum absolute atomic E-state index is 14.5. The van der Waals surface area contributed by atoms with Gasteiger partial charge in [-0.2, -0.15) is 9.97 Å². The molecule has 0 fully saturated rings. The van der Waals surface area contributed by atoms with Crippen LogP contribution in [0.1, 0.15) is 42.4 Å². The molecule has 7 heteroatoms. The molecule has 0 radical (unpaired) electrons. The van der Waals surface area contributed by atoms with E-state index in [2.05, 4.69) is 9.97 Å². The third kappa shape index (κ3) is 3.01. The molecule has 2 aromatic rings. The molecule has 0 bridgehead atoms. The molecule has 0 atom stereocenters. The van der Waals surface area contributed by atoms with Gasteiger partial charge < -0.3 is 15.4 Å². The van der Waals surface area contributed by atoms with E-state index >= 15 is 0 Å². The average Bonchev–Trinajstić information content (AvgIpc) is 2.53. The Labute approximate surface area is 145 Å². The fraction of sp³-hybridized carbons (Fsp3) is 0.389. The number of ether oxygens (including phenoxy) is 1. The van der Waals surface area contributed by atoms with Gasteiger partial charge in [0.1, 0.15) is 17.2 Å². The number of hydrogen-bond donors (Lipinski definition) is 1. The van der Waals surface area contributed by atoms with Gasteiger partial charge in [-0.25, -0.2) is 4.39 Å². The molecule has 0 saturated carbocycles. The molecule has 3 rings (SSSR count). The molecule has 2 N–H and O–H groups in total. The largest absolute Gasteiger partial charge is 0.467 e. The minimum Gasteiger partial charge on any atom is -0.467 e. The highest BCUT2D eigenvalue weighted by molar-refractivity contribution is 6.10. The number of amides is 1. The molecule has 1 amide bonds. The highest BCUT2D eigenvalue weighted by atomic mass is 19.1. The molecular weight excluding hydrogens is 323 g/mol. The minimum atomic E-state index is -0.331. The van der Waals surface area contributed by atoms with Crippen molar-refractivity contribution in [3.05, 3.63) is 40.8 Å². The van der Waals surface area contributed by atoms with Crippen molar-refractivity contribution in [2.24, 2.45) is 0 Å². The molecule has 1 aliphatic heterocycles. The van der Waals surface area contributed by atoms with E-state index in [1.807, 2.05) is 20.8 Å². The summed E-state index contributed by atoms with van der Waals surface area (Å²) in [7, 11) is 1.44. The summed E-state index contributed by atoms with van der Waals surface area (Å²) < 4.78 is 19.5. The van der Waals surface area contributed by atoms with E-state index in [0.717, 1.165) is 0 Å². The van der Waals surface area contributed by atoms with E-state index in [4.69, 9.17) is 10.5 Å². The van der Waals surface area contributed by atoms with Crippen molar-refractivity contribution in [2.75, 3.05) is 24.3 Å². The highest BCUT2D eigenvalue weighted by Gasteiger charge is 2.31. The van der Waals surface area contributed by atoms with Gasteiger partial charge in [0.15, 0.2) is 0 Å². The summed E-state index contributed by atoms with van der Waals surface area (Å²) >= 11 is 0. The molecule has 0 aliphatic carbocycles. The number of nitrogen functional groups attached to an aromatic ring is 1. The SMILES string of the molecule is COc1nc(N)c2c(n1)CCN(c1ccc(C(C)(C)C)c(F)c1)C2=O. The molecule has 132 valence electrons. The van der Waals surface area contributed by atoms with Crippen molar-refractivity contribution in [3.8, 4) is 6.01 Å². The van der Waals surface area contributed by atoms with Gasteiger partial charge in [-0.1, -0.05) is 26.8 Å². The van der Waals surface area contributed by atoms with Crippen LogP contribution >= 0.6 is 0 Å². The first-order chi connectivity index (χ1) is 11.7. The van der Waals surface area contributed by atoms with Crippen LogP contribution in [0.3, 0.4) is 0 Å². The highest BCUT2D eigenvalue weighted by Crippen LogP contribution is 2.31. The number of benzene rings is 1. The topological polar surface area (TPSA) is 81.3 Å². The Morgan fingerprint density at radius 1 is 1.28 bits per heavy atom. The average molecular weight is 344 g/mol. The number of nitrogens with zero attached hydrogens (tertiary/aromatic N) is 3. The molecule has 25 heavy (non-hydrogen) atoms. The monoisotopic (exact) mass is 344 g/mol. The summed E-state index contributed by atoms with van der Waals surface area (Å²) in [5, 5.41) is 0. The van der Waals surface area contributed by atoms with Crippen molar-refractivity contribution < 1.29 is 13.9 Å². The second-order valence-corrected chi connectivity index (χ2v) is 7.04. The van der Waals surface area contributed by atoms with Gasteiger partial charge in [-0.3, -0.25) is 4.79 Å². The summed E-state index contributed by atoms with van der Waals surface area (Å²) in [6.45, 7) is 6.22. The zero-order valence-corrected chi connectivity index (χ0v) is 14.8. The van der Waals surface area contributed by atoms with Gasteiger partial charge in [0, 0.05) is 18.7 Å². The molecule has 2 heterocycles. The summed E-state index contributed by atoms with van der Waals surface area (Å²) in [5.74, 6) is -0.588. The molecule has 0 spiro atoms. The molecule has 0 unspecified atom stereocenters. The van der Waals surface area contributed by atoms with Gasteiger partial charge >= 0.3 is 6.01 Å². The lowest BCUT2D eigenvalue weighted by atomic mass is 9.86. The number of hydrogen-bond acceptors (Lipinski definition) is 5. The molecule has 1 aromatic heterocycles. The quantitative estimate of drug-likeness (QED) is 0.906. The van der Waals surface area contributed by atoms with Crippen LogP contribution in [0.5, 0.6) is 6.01 Å². The van der Waals surface area contributed by atoms with E-state index in [1.54, 1.807) is 12.1 Å². The van der Waals surface area contributed by atoms with Crippen molar-refractivity contribution in [3.63, 3.8) is 0 Å². The van der Waals surface area contributed by atoms with Gasteiger partial charge in [0.2, 0.25) is 0 Å². The van der Waals surface area contributed by atoms with Gasteiger partial charge in [0.05, 0.1) is 12.8 Å². The van der Waals surface area contributed by atoms with Gasteiger partial charge in [-0.05, 0) is 23.1 Å². The number of nitrogens with two attached hydrogens (primary N) is 1. The summed E-state index contributed by atoms with van der Waals surface area (Å²) in [5.41, 5.74) is 7.51. The zero-order chi connectivity index (χ0) is 18.4. The van der Waals surface area contributed by atoms with Gasteiger partial charge in [0.25, 0.3) is 5.91 Å². The van der Waals surface area contributed by atoms with Crippen LogP contribution in [0.4, 0.5) is 15.9 Å². The van der Waals surface area contributed by atoms with Crippen LogP contribution in [-0.2, 0) is 11.8 Å². The second kappa shape index (κ2) is 5.98. The van der Waals surface area contributed by atoms with Crippen molar-refractivity contribution in [1.29, 1.82) is 0 Å². The molecule has 0 saturated heterocycles. The van der Waals surface area contributed by atoms with Crippen LogP contribution in [0.15, 0.2) is 18.2 Å². The Balaban J connectivity index is 1.99. The van der Waals surface area contributed by atoms with Crippen LogP contribution < -0.4 is 15.4 Å². The van der Waals surface area contributed by atoms with Crippen molar-refractivity contribution in [1.82, 2.24) is 9.97 Å². The van der Waals surface area contributed by atoms with Crippen LogP contribution in [0, 0.1) is 5.82 Å². The molecule has 1 aliphatic rings. The lowest BCUT2D eigenvalue weighted by Gasteiger charge is -2.29. The van der Waals surface area contributed by atoms with E-state index < -0.39 is 0 Å². The fourth-order valence-electron chi connectivity index (χ4n) is 2.99. The Morgan fingerprint density at radius 3 is 2.60 bits per heavy atom. The predicted molar refractivity (Wildman–Crippen MR) is 93.5 cm³/mol. The fourth-order valence-corrected chi connectivity index (χ4v) is 2.99. The Kier molecular flexibility index (Phi) is 4.10. The molecule has 6 nitrogen and oxygen atoms in total. The lowest BCUT2D eigenvalue weighted by Crippen LogP contribution is -2.39. The summed E-state index contributed by atoms with van der Waals surface area (Å²) in [6, 6.07) is 5.01. The Morgan fingerprint density at radius 2 is 2.00 bits per heavy atom. The number of methoxy groups -OCH3 is 1. The van der Waals surface area contributed by atoms with Crippen LogP contribution in [-0.4, -0.2) is 29.5 Å². The number of halogens is 1. The van der Waals surface area contributed by atoms with Gasteiger partial charge in [-0.15, -0.1) is 0 Å². The first kappa shape index (κ1) is 17.1. The van der Waals surface area contributed by atoms with Crippen molar-refractivity contribution in [2.45, 2.75) is 32.6 Å².